The van der Waals surface area contributed by atoms with Crippen LogP contribution < -0.4 is 5.73 Å². The molecule has 1 aromatic carbocycles. The SMILES string of the molecule is CC(C)Cc1ccc(-c2oncc2CCN)cc1. The summed E-state index contributed by atoms with van der Waals surface area (Å²) in [7, 11) is 0. The molecule has 0 radical (unpaired) electrons. The third-order valence-corrected chi connectivity index (χ3v) is 2.92. The smallest absolute Gasteiger partial charge is 0.170 e. The van der Waals surface area contributed by atoms with Crippen LogP contribution in [0.5, 0.6) is 0 Å². The Hall–Kier alpha value is -1.61. The maximum absolute atomic E-state index is 5.58. The molecule has 0 atom stereocenters. The van der Waals surface area contributed by atoms with Crippen molar-refractivity contribution in [3.63, 3.8) is 0 Å². The summed E-state index contributed by atoms with van der Waals surface area (Å²) in [6, 6.07) is 8.50. The number of rotatable bonds is 5. The van der Waals surface area contributed by atoms with E-state index in [0.717, 1.165) is 29.7 Å². The molecule has 0 bridgehead atoms. The van der Waals surface area contributed by atoms with Gasteiger partial charge in [-0.1, -0.05) is 43.3 Å². The Balaban J connectivity index is 2.20. The monoisotopic (exact) mass is 244 g/mol. The van der Waals surface area contributed by atoms with Crippen molar-refractivity contribution in [3.05, 3.63) is 41.6 Å². The molecule has 18 heavy (non-hydrogen) atoms. The maximum atomic E-state index is 5.58. The van der Waals surface area contributed by atoms with Crippen LogP contribution >= 0.6 is 0 Å². The molecule has 0 unspecified atom stereocenters. The van der Waals surface area contributed by atoms with Crippen LogP contribution in [0.25, 0.3) is 11.3 Å². The number of aromatic nitrogens is 1. The molecule has 0 aliphatic rings. The fraction of sp³-hybridized carbons (Fsp3) is 0.400. The first-order chi connectivity index (χ1) is 8.70. The molecule has 0 amide bonds. The largest absolute Gasteiger partial charge is 0.356 e. The predicted octanol–water partition coefficient (Wildman–Crippen LogP) is 3.04. The van der Waals surface area contributed by atoms with Gasteiger partial charge in [0.25, 0.3) is 0 Å². The Morgan fingerprint density at radius 3 is 2.56 bits per heavy atom. The lowest BCUT2D eigenvalue weighted by molar-refractivity contribution is 0.431. The van der Waals surface area contributed by atoms with Gasteiger partial charge < -0.3 is 10.3 Å². The van der Waals surface area contributed by atoms with Crippen LogP contribution in [-0.2, 0) is 12.8 Å². The summed E-state index contributed by atoms with van der Waals surface area (Å²) in [5, 5.41) is 3.86. The van der Waals surface area contributed by atoms with Crippen molar-refractivity contribution in [3.8, 4) is 11.3 Å². The summed E-state index contributed by atoms with van der Waals surface area (Å²) in [4.78, 5) is 0. The Labute approximate surface area is 108 Å². The molecule has 2 N–H and O–H groups in total. The highest BCUT2D eigenvalue weighted by atomic mass is 16.5. The molecule has 3 nitrogen and oxygen atoms in total. The molecule has 1 aromatic heterocycles. The first kappa shape index (κ1) is 12.8. The van der Waals surface area contributed by atoms with Crippen LogP contribution in [0.4, 0.5) is 0 Å². The van der Waals surface area contributed by atoms with Crippen LogP contribution in [0, 0.1) is 5.92 Å². The maximum Gasteiger partial charge on any atom is 0.170 e. The molecule has 1 heterocycles. The van der Waals surface area contributed by atoms with E-state index in [1.807, 2.05) is 0 Å². The lowest BCUT2D eigenvalue weighted by atomic mass is 10.00. The van der Waals surface area contributed by atoms with Gasteiger partial charge in [0.1, 0.15) is 0 Å². The standard InChI is InChI=1S/C15H20N2O/c1-11(2)9-12-3-5-13(6-4-12)15-14(7-8-16)10-17-18-15/h3-6,10-11H,7-9,16H2,1-2H3. The Bertz CT molecular complexity index is 485. The molecule has 0 saturated carbocycles. The van der Waals surface area contributed by atoms with Crippen molar-refractivity contribution in [1.29, 1.82) is 0 Å². The van der Waals surface area contributed by atoms with Gasteiger partial charge in [0.2, 0.25) is 0 Å². The van der Waals surface area contributed by atoms with E-state index >= 15 is 0 Å². The van der Waals surface area contributed by atoms with Gasteiger partial charge >= 0.3 is 0 Å². The van der Waals surface area contributed by atoms with Crippen molar-refractivity contribution in [2.45, 2.75) is 26.7 Å². The number of hydrogen-bond acceptors (Lipinski definition) is 3. The second-order valence-corrected chi connectivity index (χ2v) is 5.01. The first-order valence-electron chi connectivity index (χ1n) is 6.43. The fourth-order valence-electron chi connectivity index (χ4n) is 2.10. The molecule has 2 rings (SSSR count). The number of nitrogens with two attached hydrogens (primary N) is 1. The Morgan fingerprint density at radius 1 is 1.22 bits per heavy atom. The minimum Gasteiger partial charge on any atom is -0.356 e. The van der Waals surface area contributed by atoms with E-state index in [0.29, 0.717) is 12.5 Å². The van der Waals surface area contributed by atoms with Gasteiger partial charge in [-0.3, -0.25) is 0 Å². The molecule has 0 fully saturated rings. The zero-order chi connectivity index (χ0) is 13.0. The summed E-state index contributed by atoms with van der Waals surface area (Å²) < 4.78 is 5.32. The van der Waals surface area contributed by atoms with Crippen molar-refractivity contribution in [2.75, 3.05) is 6.54 Å². The molecule has 0 aliphatic carbocycles. The van der Waals surface area contributed by atoms with Gasteiger partial charge in [-0.05, 0) is 30.9 Å². The van der Waals surface area contributed by atoms with Crippen molar-refractivity contribution in [2.24, 2.45) is 11.7 Å². The third kappa shape index (κ3) is 2.99. The summed E-state index contributed by atoms with van der Waals surface area (Å²) in [6.07, 6.45) is 3.66. The highest BCUT2D eigenvalue weighted by Crippen LogP contribution is 2.24. The minimum absolute atomic E-state index is 0.611. The molecule has 0 saturated heterocycles. The van der Waals surface area contributed by atoms with Crippen LogP contribution in [-0.4, -0.2) is 11.7 Å². The van der Waals surface area contributed by atoms with E-state index in [9.17, 15) is 0 Å². The Kier molecular flexibility index (Phi) is 4.15. The van der Waals surface area contributed by atoms with Gasteiger partial charge in [0.05, 0.1) is 6.20 Å². The van der Waals surface area contributed by atoms with E-state index in [4.69, 9.17) is 10.3 Å². The average molecular weight is 244 g/mol. The molecule has 0 aliphatic heterocycles. The third-order valence-electron chi connectivity index (χ3n) is 2.92. The molecule has 96 valence electrons. The lowest BCUT2D eigenvalue weighted by Crippen LogP contribution is -2.02. The number of hydrogen-bond donors (Lipinski definition) is 1. The van der Waals surface area contributed by atoms with Gasteiger partial charge in [-0.2, -0.15) is 0 Å². The van der Waals surface area contributed by atoms with Gasteiger partial charge in [0.15, 0.2) is 5.76 Å². The van der Waals surface area contributed by atoms with Gasteiger partial charge in [-0.25, -0.2) is 0 Å². The number of benzene rings is 1. The van der Waals surface area contributed by atoms with Gasteiger partial charge in [-0.15, -0.1) is 0 Å². The van der Waals surface area contributed by atoms with Gasteiger partial charge in [0, 0.05) is 11.1 Å². The zero-order valence-corrected chi connectivity index (χ0v) is 11.0. The summed E-state index contributed by atoms with van der Waals surface area (Å²) in [5.41, 5.74) is 9.08. The second kappa shape index (κ2) is 5.83. The highest BCUT2D eigenvalue weighted by molar-refractivity contribution is 5.61. The van der Waals surface area contributed by atoms with Crippen molar-refractivity contribution < 1.29 is 4.52 Å². The summed E-state index contributed by atoms with van der Waals surface area (Å²) in [6.45, 7) is 5.06. The lowest BCUT2D eigenvalue weighted by Gasteiger charge is -2.06. The van der Waals surface area contributed by atoms with Crippen LogP contribution in [0.1, 0.15) is 25.0 Å². The summed E-state index contributed by atoms with van der Waals surface area (Å²) in [5.74, 6) is 1.52. The van der Waals surface area contributed by atoms with E-state index in [2.05, 4.69) is 43.3 Å². The molecule has 3 heteroatoms. The second-order valence-electron chi connectivity index (χ2n) is 5.01. The highest BCUT2D eigenvalue weighted by Gasteiger charge is 2.10. The molecular weight excluding hydrogens is 224 g/mol. The molecule has 0 spiro atoms. The summed E-state index contributed by atoms with van der Waals surface area (Å²) >= 11 is 0. The van der Waals surface area contributed by atoms with E-state index < -0.39 is 0 Å². The minimum atomic E-state index is 0.611. The topological polar surface area (TPSA) is 52.0 Å². The van der Waals surface area contributed by atoms with Crippen molar-refractivity contribution in [1.82, 2.24) is 5.16 Å². The fourth-order valence-corrected chi connectivity index (χ4v) is 2.10. The van der Waals surface area contributed by atoms with Crippen LogP contribution in [0.15, 0.2) is 35.0 Å². The van der Waals surface area contributed by atoms with E-state index in [1.165, 1.54) is 5.56 Å². The van der Waals surface area contributed by atoms with Crippen molar-refractivity contribution >= 4 is 0 Å². The van der Waals surface area contributed by atoms with E-state index in [-0.39, 0.29) is 0 Å². The Morgan fingerprint density at radius 2 is 1.94 bits per heavy atom. The zero-order valence-electron chi connectivity index (χ0n) is 11.0. The number of nitrogens with zero attached hydrogens (tertiary/aromatic N) is 1. The van der Waals surface area contributed by atoms with Crippen LogP contribution in [0.3, 0.4) is 0 Å². The molecule has 2 aromatic rings. The molecular formula is C15H20N2O. The van der Waals surface area contributed by atoms with E-state index in [1.54, 1.807) is 6.20 Å². The normalized spacial score (nSPS) is 11.1. The first-order valence-corrected chi connectivity index (χ1v) is 6.43. The average Bonchev–Trinajstić information content (AvgIpc) is 2.78. The van der Waals surface area contributed by atoms with Crippen LogP contribution in [0.2, 0.25) is 0 Å². The quantitative estimate of drug-likeness (QED) is 0.879. The predicted molar refractivity (Wildman–Crippen MR) is 73.2 cm³/mol.